The molecule has 0 saturated heterocycles. The molecule has 0 heterocycles. The number of rotatable bonds is 3. The third kappa shape index (κ3) is 2.14. The molecule has 0 aliphatic rings. The van der Waals surface area contributed by atoms with E-state index < -0.39 is 5.41 Å². The Morgan fingerprint density at radius 2 is 0.700 bits per heavy atom. The molecule has 20 heavy (non-hydrogen) atoms. The molecular weight excluding hydrogens is 240 g/mol. The summed E-state index contributed by atoms with van der Waals surface area (Å²) in [5, 5.41) is 0. The quantitative estimate of drug-likeness (QED) is 0.600. The zero-order valence-corrected chi connectivity index (χ0v) is 11.2. The van der Waals surface area contributed by atoms with E-state index in [2.05, 4.69) is 0 Å². The third-order valence-corrected chi connectivity index (χ3v) is 3.62. The summed E-state index contributed by atoms with van der Waals surface area (Å²) in [5.41, 5.74) is 2.08. The maximum atomic E-state index is 9.14. The van der Waals surface area contributed by atoms with Crippen molar-refractivity contribution in [1.29, 1.82) is 0 Å². The Kier molecular flexibility index (Phi) is 3.39. The molecule has 3 aromatic carbocycles. The van der Waals surface area contributed by atoms with Crippen LogP contribution in [0.4, 0.5) is 0 Å². The molecule has 0 heteroatoms. The van der Waals surface area contributed by atoms with Gasteiger partial charge in [-0.25, -0.2) is 0 Å². The Labute approximate surface area is 120 Å². The Balaban J connectivity index is 2.24. The van der Waals surface area contributed by atoms with Crippen LogP contribution in [0.2, 0.25) is 0 Å². The molecule has 3 aromatic rings. The smallest absolute Gasteiger partial charge is 0.0526 e. The van der Waals surface area contributed by atoms with Crippen molar-refractivity contribution >= 4 is 0 Å². The molecule has 0 amide bonds. The fourth-order valence-electron chi connectivity index (χ4n) is 2.56. The van der Waals surface area contributed by atoms with E-state index in [1.165, 1.54) is 0 Å². The van der Waals surface area contributed by atoms with Gasteiger partial charge in [-0.2, -0.15) is 0 Å². The first-order chi connectivity index (χ1) is 9.82. The fourth-order valence-corrected chi connectivity index (χ4v) is 2.56. The number of benzene rings is 3. The molecule has 0 spiro atoms. The Bertz CT molecular complexity index is 558. The summed E-state index contributed by atoms with van der Waals surface area (Å²) in [7, 11) is 0. The largest absolute Gasteiger partial charge is 0.0622 e. The molecule has 0 unspecified atom stereocenters. The maximum Gasteiger partial charge on any atom is 0.0526 e. The van der Waals surface area contributed by atoms with Gasteiger partial charge in [0.05, 0.1) is 5.41 Å². The molecule has 95 valence electrons. The Hall–Kier alpha value is -2.34. The molecule has 0 nitrogen and oxygen atoms in total. The number of hydrogen-bond acceptors (Lipinski definition) is 0. The van der Waals surface area contributed by atoms with Gasteiger partial charge >= 0.3 is 0 Å². The monoisotopic (exact) mass is 255 g/mol. The van der Waals surface area contributed by atoms with Gasteiger partial charge in [-0.1, -0.05) is 91.0 Å². The van der Waals surface area contributed by atoms with Gasteiger partial charge in [0.15, 0.2) is 0 Å². The molecule has 0 saturated carbocycles. The van der Waals surface area contributed by atoms with Crippen LogP contribution < -0.4 is 0 Å². The summed E-state index contributed by atoms with van der Waals surface area (Å²) < 4.78 is 0. The van der Waals surface area contributed by atoms with Gasteiger partial charge in [0, 0.05) is 6.92 Å². The van der Waals surface area contributed by atoms with Crippen molar-refractivity contribution in [3.05, 3.63) is 115 Å². The molecule has 0 aliphatic carbocycles. The average Bonchev–Trinajstić information content (AvgIpc) is 2.56. The fraction of sp³-hybridized carbons (Fsp3) is 0.0500. The van der Waals surface area contributed by atoms with Gasteiger partial charge in [-0.05, 0) is 16.7 Å². The number of hydrogen-bond donors (Lipinski definition) is 0. The summed E-state index contributed by atoms with van der Waals surface area (Å²) in [6.07, 6.45) is 0. The van der Waals surface area contributed by atoms with Crippen LogP contribution in [0.25, 0.3) is 0 Å². The van der Waals surface area contributed by atoms with Crippen molar-refractivity contribution < 1.29 is 0 Å². The van der Waals surface area contributed by atoms with Gasteiger partial charge in [0.2, 0.25) is 0 Å². The lowest BCUT2D eigenvalue weighted by molar-refractivity contribution is 0.774. The van der Waals surface area contributed by atoms with E-state index in [0.29, 0.717) is 0 Å². The van der Waals surface area contributed by atoms with Crippen molar-refractivity contribution in [2.45, 2.75) is 5.41 Å². The highest BCUT2D eigenvalue weighted by Crippen LogP contribution is 2.37. The lowest BCUT2D eigenvalue weighted by atomic mass is 9.71. The minimum absolute atomic E-state index is 0.871. The average molecular weight is 255 g/mol. The molecule has 0 bridgehead atoms. The SMILES string of the molecule is [C]C(c1ccccc1)(c1ccccc1)c1ccccc1. The minimum Gasteiger partial charge on any atom is -0.0622 e. The van der Waals surface area contributed by atoms with E-state index in [1.54, 1.807) is 0 Å². The predicted octanol–water partition coefficient (Wildman–Crippen LogP) is 4.61. The van der Waals surface area contributed by atoms with Gasteiger partial charge in [-0.15, -0.1) is 0 Å². The van der Waals surface area contributed by atoms with Crippen LogP contribution in [0, 0.1) is 6.92 Å². The summed E-state index contributed by atoms with van der Waals surface area (Å²) in [6, 6.07) is 30.0. The first-order valence-corrected chi connectivity index (χ1v) is 6.73. The van der Waals surface area contributed by atoms with Crippen molar-refractivity contribution in [2.75, 3.05) is 0 Å². The summed E-state index contributed by atoms with van der Waals surface area (Å²) >= 11 is 0. The second kappa shape index (κ2) is 5.34. The lowest BCUT2D eigenvalue weighted by Gasteiger charge is -2.31. The van der Waals surface area contributed by atoms with Crippen LogP contribution in [0.15, 0.2) is 91.0 Å². The molecule has 3 rings (SSSR count). The van der Waals surface area contributed by atoms with Gasteiger partial charge in [0.1, 0.15) is 0 Å². The van der Waals surface area contributed by atoms with Crippen LogP contribution in [-0.4, -0.2) is 0 Å². The van der Waals surface area contributed by atoms with Gasteiger partial charge in [0.25, 0.3) is 0 Å². The predicted molar refractivity (Wildman–Crippen MR) is 82.5 cm³/mol. The minimum atomic E-state index is -0.871. The van der Waals surface area contributed by atoms with E-state index in [-0.39, 0.29) is 0 Å². The van der Waals surface area contributed by atoms with E-state index >= 15 is 0 Å². The zero-order chi connectivity index (χ0) is 13.8. The van der Waals surface area contributed by atoms with Crippen LogP contribution in [0.5, 0.6) is 0 Å². The third-order valence-electron chi connectivity index (χ3n) is 3.62. The second-order valence-corrected chi connectivity index (χ2v) is 4.85. The van der Waals surface area contributed by atoms with Crippen LogP contribution in [0.3, 0.4) is 0 Å². The second-order valence-electron chi connectivity index (χ2n) is 4.85. The maximum absolute atomic E-state index is 9.14. The van der Waals surface area contributed by atoms with Gasteiger partial charge < -0.3 is 0 Å². The van der Waals surface area contributed by atoms with E-state index in [1.807, 2.05) is 91.0 Å². The molecule has 0 aliphatic heterocycles. The van der Waals surface area contributed by atoms with Crippen molar-refractivity contribution in [3.63, 3.8) is 0 Å². The normalized spacial score (nSPS) is 11.2. The van der Waals surface area contributed by atoms with Crippen molar-refractivity contribution in [3.8, 4) is 0 Å². The lowest BCUT2D eigenvalue weighted by Crippen LogP contribution is -2.25. The molecule has 0 fully saturated rings. The summed E-state index contributed by atoms with van der Waals surface area (Å²) in [5.74, 6) is 0. The first-order valence-electron chi connectivity index (χ1n) is 6.73. The summed E-state index contributed by atoms with van der Waals surface area (Å²) in [4.78, 5) is 0. The van der Waals surface area contributed by atoms with E-state index in [0.717, 1.165) is 16.7 Å². The molecule has 0 atom stereocenters. The first kappa shape index (κ1) is 12.7. The van der Waals surface area contributed by atoms with Crippen LogP contribution in [0.1, 0.15) is 16.7 Å². The highest BCUT2D eigenvalue weighted by Gasteiger charge is 2.31. The standard InChI is InChI=1S/C20H15/c1-20(17-11-5-2-6-12-17,18-13-7-3-8-14-18)19-15-9-4-10-16-19/h2-16H. The zero-order valence-electron chi connectivity index (χ0n) is 11.2. The Morgan fingerprint density at radius 1 is 0.450 bits per heavy atom. The van der Waals surface area contributed by atoms with Gasteiger partial charge in [-0.3, -0.25) is 0 Å². The molecular formula is C20H15. The highest BCUT2D eigenvalue weighted by molar-refractivity contribution is 5.51. The molecule has 3 radical (unpaired) electrons. The topological polar surface area (TPSA) is 0 Å². The van der Waals surface area contributed by atoms with Crippen molar-refractivity contribution in [2.24, 2.45) is 0 Å². The highest BCUT2D eigenvalue weighted by atomic mass is 14.3. The molecule has 0 N–H and O–H groups in total. The molecule has 0 aromatic heterocycles. The van der Waals surface area contributed by atoms with Crippen LogP contribution in [-0.2, 0) is 5.41 Å². The van der Waals surface area contributed by atoms with E-state index in [4.69, 9.17) is 6.92 Å². The van der Waals surface area contributed by atoms with E-state index in [9.17, 15) is 0 Å². The summed E-state index contributed by atoms with van der Waals surface area (Å²) in [6.45, 7) is 9.14. The van der Waals surface area contributed by atoms with Crippen molar-refractivity contribution in [1.82, 2.24) is 0 Å². The van der Waals surface area contributed by atoms with Crippen LogP contribution >= 0.6 is 0 Å². The Morgan fingerprint density at radius 3 is 0.950 bits per heavy atom.